The quantitative estimate of drug-likeness (QED) is 0.573. The van der Waals surface area contributed by atoms with Gasteiger partial charge in [-0.25, -0.2) is 12.6 Å². The van der Waals surface area contributed by atoms with Crippen LogP contribution < -0.4 is 0 Å². The van der Waals surface area contributed by atoms with Crippen LogP contribution >= 0.6 is 0 Å². The Morgan fingerprint density at radius 3 is 1.73 bits per heavy atom. The lowest BCUT2D eigenvalue weighted by Crippen LogP contribution is -2.64. The van der Waals surface area contributed by atoms with E-state index in [1.807, 2.05) is 0 Å². The monoisotopic (exact) mass is 276 g/mol. The van der Waals surface area contributed by atoms with Gasteiger partial charge in [0.15, 0.2) is 0 Å². The van der Waals surface area contributed by atoms with E-state index in [4.69, 9.17) is 8.23 Å². The summed E-state index contributed by atoms with van der Waals surface area (Å²) in [5, 5.41) is 0. The second-order valence-electron chi connectivity index (χ2n) is 4.09. The van der Waals surface area contributed by atoms with E-state index in [1.54, 1.807) is 0 Å². The summed E-state index contributed by atoms with van der Waals surface area (Å²) in [6.45, 7) is 5.00. The second kappa shape index (κ2) is 3.96. The average Bonchev–Trinajstić information content (AvgIpc) is 1.70. The number of rotatable bonds is 2. The first-order valence-corrected chi connectivity index (χ1v) is 11.6. The van der Waals surface area contributed by atoms with Gasteiger partial charge in [-0.05, 0) is 13.5 Å². The van der Waals surface area contributed by atoms with Crippen molar-refractivity contribution in [1.29, 1.82) is 0 Å². The summed E-state index contributed by atoms with van der Waals surface area (Å²) in [5.41, 5.74) is 0. The zero-order chi connectivity index (χ0) is 11.9. The molecule has 0 aromatic heterocycles. The SMILES string of the molecule is CC(F)C[Si]1(C)O[Si](C)(F)O[Si](C)(F)O1. The molecule has 1 saturated heterocycles. The van der Waals surface area contributed by atoms with E-state index in [9.17, 15) is 12.6 Å². The lowest BCUT2D eigenvalue weighted by molar-refractivity contribution is 0.157. The third-order valence-corrected chi connectivity index (χ3v) is 12.4. The van der Waals surface area contributed by atoms with Crippen molar-refractivity contribution in [3.05, 3.63) is 0 Å². The highest BCUT2D eigenvalue weighted by atomic mass is 28.6. The van der Waals surface area contributed by atoms with Crippen LogP contribution in [0.1, 0.15) is 6.92 Å². The molecule has 3 atom stereocenters. The third kappa shape index (κ3) is 4.00. The predicted molar refractivity (Wildman–Crippen MR) is 55.7 cm³/mol. The van der Waals surface area contributed by atoms with E-state index in [0.29, 0.717) is 0 Å². The molecule has 1 aliphatic heterocycles. The number of halogens is 3. The summed E-state index contributed by atoms with van der Waals surface area (Å²) < 4.78 is 54.7. The van der Waals surface area contributed by atoms with Crippen molar-refractivity contribution >= 4 is 26.4 Å². The minimum absolute atomic E-state index is 0.0740. The van der Waals surface area contributed by atoms with Crippen LogP contribution in [0, 0.1) is 0 Å². The molecule has 0 saturated carbocycles. The summed E-state index contributed by atoms with van der Waals surface area (Å²) in [5.74, 6) is 0. The van der Waals surface area contributed by atoms with Crippen LogP contribution in [0.2, 0.25) is 25.7 Å². The molecule has 1 aliphatic rings. The molecule has 9 heteroatoms. The second-order valence-corrected chi connectivity index (χ2v) is 12.6. The van der Waals surface area contributed by atoms with E-state index >= 15 is 0 Å². The first-order valence-electron chi connectivity index (χ1n) is 4.66. The number of hydrogen-bond acceptors (Lipinski definition) is 3. The average molecular weight is 276 g/mol. The topological polar surface area (TPSA) is 27.7 Å². The van der Waals surface area contributed by atoms with Crippen LogP contribution in [0.3, 0.4) is 0 Å². The van der Waals surface area contributed by atoms with Gasteiger partial charge in [-0.1, -0.05) is 0 Å². The molecule has 0 N–H and O–H groups in total. The normalized spacial score (nSPS) is 49.0. The van der Waals surface area contributed by atoms with Gasteiger partial charge >= 0.3 is 26.4 Å². The Morgan fingerprint density at radius 2 is 1.40 bits per heavy atom. The fraction of sp³-hybridized carbons (Fsp3) is 1.00. The Morgan fingerprint density at radius 1 is 1.00 bits per heavy atom. The predicted octanol–water partition coefficient (Wildman–Crippen LogP) is 2.56. The lowest BCUT2D eigenvalue weighted by atomic mass is 10.5. The Balaban J connectivity index is 2.82. The smallest absolute Gasteiger partial charge is 0.391 e. The molecule has 0 aromatic carbocycles. The van der Waals surface area contributed by atoms with Crippen molar-refractivity contribution in [3.63, 3.8) is 0 Å². The highest BCUT2D eigenvalue weighted by Gasteiger charge is 2.60. The maximum atomic E-state index is 13.6. The Labute approximate surface area is 90.6 Å². The Hall–Kier alpha value is 0.321. The standard InChI is InChI=1S/C6H15F3O3Si3/c1-6(7)5-13(2)10-14(3,8)12-15(4,9)11-13/h6H,5H2,1-4H3. The first-order chi connectivity index (χ1) is 6.54. The maximum Gasteiger partial charge on any atom is 0.521 e. The van der Waals surface area contributed by atoms with E-state index in [-0.39, 0.29) is 6.04 Å². The Kier molecular flexibility index (Phi) is 3.54. The molecule has 0 radical (unpaired) electrons. The van der Waals surface area contributed by atoms with Gasteiger partial charge in [0.2, 0.25) is 0 Å². The summed E-state index contributed by atoms with van der Waals surface area (Å²) >= 11 is 0. The van der Waals surface area contributed by atoms with Gasteiger partial charge < -0.3 is 12.3 Å². The molecule has 3 nitrogen and oxygen atoms in total. The van der Waals surface area contributed by atoms with Gasteiger partial charge in [-0.15, -0.1) is 0 Å². The van der Waals surface area contributed by atoms with Gasteiger partial charge in [0.25, 0.3) is 0 Å². The van der Waals surface area contributed by atoms with Crippen molar-refractivity contribution in [2.24, 2.45) is 0 Å². The lowest BCUT2D eigenvalue weighted by Gasteiger charge is -2.42. The zero-order valence-electron chi connectivity index (χ0n) is 9.14. The fourth-order valence-corrected chi connectivity index (χ4v) is 13.8. The molecule has 3 unspecified atom stereocenters. The van der Waals surface area contributed by atoms with Crippen LogP contribution in [-0.4, -0.2) is 32.5 Å². The molecule has 0 spiro atoms. The molecule has 15 heavy (non-hydrogen) atoms. The molecule has 0 aromatic rings. The van der Waals surface area contributed by atoms with Crippen molar-refractivity contribution in [1.82, 2.24) is 0 Å². The first kappa shape index (κ1) is 13.4. The van der Waals surface area contributed by atoms with E-state index in [2.05, 4.69) is 4.12 Å². The summed E-state index contributed by atoms with van der Waals surface area (Å²) in [6, 6.07) is -0.0740. The van der Waals surface area contributed by atoms with Crippen molar-refractivity contribution in [2.75, 3.05) is 0 Å². The summed E-state index contributed by atoms with van der Waals surface area (Å²) in [6.07, 6.45) is -1.20. The fourth-order valence-electron chi connectivity index (χ4n) is 1.75. The largest absolute Gasteiger partial charge is 0.521 e. The van der Waals surface area contributed by atoms with Gasteiger partial charge in [-0.3, -0.25) is 0 Å². The van der Waals surface area contributed by atoms with Gasteiger partial charge in [0.05, 0.1) is 6.17 Å². The van der Waals surface area contributed by atoms with Crippen LogP contribution in [0.5, 0.6) is 0 Å². The van der Waals surface area contributed by atoms with Gasteiger partial charge in [-0.2, -0.15) is 0 Å². The van der Waals surface area contributed by atoms with E-state index in [1.165, 1.54) is 13.5 Å². The van der Waals surface area contributed by atoms with E-state index in [0.717, 1.165) is 13.1 Å². The van der Waals surface area contributed by atoms with Crippen LogP contribution in [-0.2, 0) is 12.3 Å². The molecule has 0 amide bonds. The summed E-state index contributed by atoms with van der Waals surface area (Å²) in [4.78, 5) is 0. The maximum absolute atomic E-state index is 13.6. The molecule has 1 fully saturated rings. The molecule has 1 rings (SSSR count). The molecule has 0 bridgehead atoms. The molecule has 90 valence electrons. The van der Waals surface area contributed by atoms with Crippen LogP contribution in [0.15, 0.2) is 0 Å². The van der Waals surface area contributed by atoms with Crippen molar-refractivity contribution in [2.45, 2.75) is 38.8 Å². The summed E-state index contributed by atoms with van der Waals surface area (Å²) in [7, 11) is -11.0. The van der Waals surface area contributed by atoms with Crippen molar-refractivity contribution in [3.8, 4) is 0 Å². The van der Waals surface area contributed by atoms with E-state index < -0.39 is 32.5 Å². The Bertz CT molecular complexity index is 233. The van der Waals surface area contributed by atoms with Gasteiger partial charge in [0.1, 0.15) is 0 Å². The van der Waals surface area contributed by atoms with Gasteiger partial charge in [0, 0.05) is 19.1 Å². The zero-order valence-corrected chi connectivity index (χ0v) is 12.1. The van der Waals surface area contributed by atoms with Crippen LogP contribution in [0.25, 0.3) is 0 Å². The van der Waals surface area contributed by atoms with Crippen molar-refractivity contribution < 1.29 is 25.0 Å². The highest BCUT2D eigenvalue weighted by molar-refractivity contribution is 6.89. The number of alkyl halides is 1. The molecular formula is C6H15F3O3Si3. The molecule has 1 heterocycles. The highest BCUT2D eigenvalue weighted by Crippen LogP contribution is 2.34. The van der Waals surface area contributed by atoms with Crippen LogP contribution in [0.4, 0.5) is 12.6 Å². The molecule has 0 aliphatic carbocycles. The minimum atomic E-state index is -3.97. The minimum Gasteiger partial charge on any atom is -0.391 e. The molecular weight excluding hydrogens is 261 g/mol. The third-order valence-electron chi connectivity index (χ3n) is 1.81. The number of hydrogen-bond donors (Lipinski definition) is 0.